The van der Waals surface area contributed by atoms with Crippen LogP contribution >= 0.6 is 0 Å². The summed E-state index contributed by atoms with van der Waals surface area (Å²) < 4.78 is 0. The summed E-state index contributed by atoms with van der Waals surface area (Å²) in [6.45, 7) is 4.84. The molecule has 0 fully saturated rings. The van der Waals surface area contributed by atoms with Crippen molar-refractivity contribution < 1.29 is 14.8 Å². The second kappa shape index (κ2) is 9.02. The van der Waals surface area contributed by atoms with Gasteiger partial charge < -0.3 is 10.0 Å². The van der Waals surface area contributed by atoms with E-state index in [1.165, 1.54) is 12.1 Å². The fourth-order valence-electron chi connectivity index (χ4n) is 2.27. The van der Waals surface area contributed by atoms with Gasteiger partial charge >= 0.3 is 5.97 Å². The van der Waals surface area contributed by atoms with Crippen LogP contribution in [0.1, 0.15) is 39.5 Å². The van der Waals surface area contributed by atoms with E-state index in [1.807, 2.05) is 4.90 Å². The maximum absolute atomic E-state index is 11.1. The number of carboxylic acid groups (broad SMARTS) is 1. The highest BCUT2D eigenvalue weighted by molar-refractivity contribution is 5.70. The number of aliphatic carboxylic acids is 1. The molecular weight excluding hydrogens is 284 g/mol. The molecule has 6 nitrogen and oxygen atoms in total. The van der Waals surface area contributed by atoms with E-state index in [2.05, 4.69) is 6.92 Å². The molecule has 1 aromatic carbocycles. The lowest BCUT2D eigenvalue weighted by Gasteiger charge is -2.26. The maximum atomic E-state index is 11.1. The number of nitro benzene ring substituents is 1. The number of carbonyl (C=O) groups is 1. The Morgan fingerprint density at radius 1 is 1.36 bits per heavy atom. The van der Waals surface area contributed by atoms with Crippen molar-refractivity contribution in [2.45, 2.75) is 39.5 Å². The molecule has 122 valence electrons. The molecule has 0 radical (unpaired) electrons. The van der Waals surface area contributed by atoms with E-state index < -0.39 is 16.8 Å². The van der Waals surface area contributed by atoms with Crippen molar-refractivity contribution in [2.24, 2.45) is 5.92 Å². The number of hydrogen-bond donors (Lipinski definition) is 1. The molecule has 0 aromatic heterocycles. The minimum atomic E-state index is -0.857. The number of nitro groups is 1. The SMILES string of the molecule is CCCCCCN(CC(C)C(=O)O)c1cccc([N+](=O)[O-])c1. The van der Waals surface area contributed by atoms with Crippen molar-refractivity contribution >= 4 is 17.3 Å². The number of anilines is 1. The van der Waals surface area contributed by atoms with Gasteiger partial charge in [-0.3, -0.25) is 14.9 Å². The minimum absolute atomic E-state index is 0.0269. The van der Waals surface area contributed by atoms with Gasteiger partial charge in [-0.2, -0.15) is 0 Å². The molecule has 0 saturated carbocycles. The predicted octanol–water partition coefficient (Wildman–Crippen LogP) is 3.70. The molecule has 1 aromatic rings. The fraction of sp³-hybridized carbons (Fsp3) is 0.562. The Balaban J connectivity index is 2.85. The summed E-state index contributed by atoms with van der Waals surface area (Å²) >= 11 is 0. The summed E-state index contributed by atoms with van der Waals surface area (Å²) in [4.78, 5) is 23.5. The zero-order valence-corrected chi connectivity index (χ0v) is 13.2. The third-order valence-electron chi connectivity index (χ3n) is 3.60. The molecule has 1 N–H and O–H groups in total. The molecule has 0 aliphatic heterocycles. The molecule has 0 saturated heterocycles. The monoisotopic (exact) mass is 308 g/mol. The molecule has 22 heavy (non-hydrogen) atoms. The summed E-state index contributed by atoms with van der Waals surface area (Å²) in [6.07, 6.45) is 4.28. The van der Waals surface area contributed by atoms with E-state index in [4.69, 9.17) is 5.11 Å². The molecule has 1 atom stereocenters. The highest BCUT2D eigenvalue weighted by Crippen LogP contribution is 2.22. The number of unbranched alkanes of at least 4 members (excludes halogenated alkanes) is 3. The van der Waals surface area contributed by atoms with E-state index in [0.29, 0.717) is 18.8 Å². The van der Waals surface area contributed by atoms with Gasteiger partial charge in [-0.1, -0.05) is 39.2 Å². The van der Waals surface area contributed by atoms with Crippen molar-refractivity contribution in [2.75, 3.05) is 18.0 Å². The Morgan fingerprint density at radius 3 is 2.68 bits per heavy atom. The summed E-state index contributed by atoms with van der Waals surface area (Å²) in [5.74, 6) is -1.38. The van der Waals surface area contributed by atoms with Crippen molar-refractivity contribution in [1.82, 2.24) is 0 Å². The standard InChI is InChI=1S/C16H24N2O4/c1-3-4-5-6-10-17(12-13(2)16(19)20)14-8-7-9-15(11-14)18(21)22/h7-9,11,13H,3-6,10,12H2,1-2H3,(H,19,20). The van der Waals surface area contributed by atoms with Crippen LogP contribution in [-0.2, 0) is 4.79 Å². The largest absolute Gasteiger partial charge is 0.481 e. The number of nitrogens with zero attached hydrogens (tertiary/aromatic N) is 2. The molecule has 0 aliphatic rings. The Labute approximate surface area is 130 Å². The molecule has 0 heterocycles. The lowest BCUT2D eigenvalue weighted by atomic mass is 10.1. The van der Waals surface area contributed by atoms with Gasteiger partial charge in [-0.25, -0.2) is 0 Å². The number of benzene rings is 1. The summed E-state index contributed by atoms with van der Waals surface area (Å²) in [7, 11) is 0. The zero-order valence-electron chi connectivity index (χ0n) is 13.2. The van der Waals surface area contributed by atoms with E-state index in [9.17, 15) is 14.9 Å². The summed E-state index contributed by atoms with van der Waals surface area (Å²) in [5.41, 5.74) is 0.734. The molecule has 1 rings (SSSR count). The van der Waals surface area contributed by atoms with Crippen LogP contribution < -0.4 is 4.90 Å². The molecule has 6 heteroatoms. The first-order valence-electron chi connectivity index (χ1n) is 7.68. The van der Waals surface area contributed by atoms with Gasteiger partial charge in [0.2, 0.25) is 0 Å². The van der Waals surface area contributed by atoms with Gasteiger partial charge in [0.25, 0.3) is 5.69 Å². The summed E-state index contributed by atoms with van der Waals surface area (Å²) in [6, 6.07) is 6.38. The quantitative estimate of drug-likeness (QED) is 0.405. The number of hydrogen-bond acceptors (Lipinski definition) is 4. The smallest absolute Gasteiger partial charge is 0.308 e. The fourth-order valence-corrected chi connectivity index (χ4v) is 2.27. The van der Waals surface area contributed by atoms with Gasteiger partial charge in [-0.05, 0) is 12.5 Å². The maximum Gasteiger partial charge on any atom is 0.308 e. The molecular formula is C16H24N2O4. The van der Waals surface area contributed by atoms with Crippen molar-refractivity contribution in [3.8, 4) is 0 Å². The van der Waals surface area contributed by atoms with Gasteiger partial charge in [0.1, 0.15) is 0 Å². The Kier molecular flexibility index (Phi) is 7.36. The minimum Gasteiger partial charge on any atom is -0.481 e. The first-order chi connectivity index (χ1) is 10.5. The van der Waals surface area contributed by atoms with Crippen LogP contribution in [0.15, 0.2) is 24.3 Å². The average Bonchev–Trinajstić information content (AvgIpc) is 2.50. The van der Waals surface area contributed by atoms with Crippen LogP contribution in [-0.4, -0.2) is 29.1 Å². The zero-order chi connectivity index (χ0) is 16.5. The summed E-state index contributed by atoms with van der Waals surface area (Å²) in [5, 5.41) is 20.0. The van der Waals surface area contributed by atoms with Gasteiger partial charge in [0.15, 0.2) is 0 Å². The van der Waals surface area contributed by atoms with Crippen molar-refractivity contribution in [1.29, 1.82) is 0 Å². The van der Waals surface area contributed by atoms with Crippen LogP contribution in [0.3, 0.4) is 0 Å². The molecule has 0 bridgehead atoms. The second-order valence-corrected chi connectivity index (χ2v) is 5.52. The first-order valence-corrected chi connectivity index (χ1v) is 7.68. The number of rotatable bonds is 10. The van der Waals surface area contributed by atoms with E-state index in [0.717, 1.165) is 25.7 Å². The van der Waals surface area contributed by atoms with Crippen LogP contribution in [0.25, 0.3) is 0 Å². The van der Waals surface area contributed by atoms with E-state index in [-0.39, 0.29) is 5.69 Å². The molecule has 0 aliphatic carbocycles. The van der Waals surface area contributed by atoms with Crippen LogP contribution in [0, 0.1) is 16.0 Å². The molecule has 0 spiro atoms. The second-order valence-electron chi connectivity index (χ2n) is 5.52. The lowest BCUT2D eigenvalue weighted by Crippen LogP contribution is -2.32. The van der Waals surface area contributed by atoms with Crippen molar-refractivity contribution in [3.63, 3.8) is 0 Å². The molecule has 1 unspecified atom stereocenters. The van der Waals surface area contributed by atoms with Gasteiger partial charge in [-0.15, -0.1) is 0 Å². The highest BCUT2D eigenvalue weighted by Gasteiger charge is 2.18. The predicted molar refractivity (Wildman–Crippen MR) is 86.3 cm³/mol. The van der Waals surface area contributed by atoms with Gasteiger partial charge in [0, 0.05) is 30.9 Å². The normalized spacial score (nSPS) is 11.9. The number of non-ortho nitro benzene ring substituents is 1. The van der Waals surface area contributed by atoms with Crippen LogP contribution in [0.4, 0.5) is 11.4 Å². The van der Waals surface area contributed by atoms with Crippen molar-refractivity contribution in [3.05, 3.63) is 34.4 Å². The lowest BCUT2D eigenvalue weighted by molar-refractivity contribution is -0.384. The first kappa shape index (κ1) is 17.9. The Morgan fingerprint density at radius 2 is 2.09 bits per heavy atom. The topological polar surface area (TPSA) is 83.7 Å². The number of carboxylic acids is 1. The Hall–Kier alpha value is -2.11. The Bertz CT molecular complexity index is 505. The van der Waals surface area contributed by atoms with Gasteiger partial charge in [0.05, 0.1) is 10.8 Å². The third kappa shape index (κ3) is 5.71. The molecule has 0 amide bonds. The van der Waals surface area contributed by atoms with Crippen LogP contribution in [0.2, 0.25) is 0 Å². The average molecular weight is 308 g/mol. The van der Waals surface area contributed by atoms with E-state index in [1.54, 1.807) is 19.1 Å². The highest BCUT2D eigenvalue weighted by atomic mass is 16.6. The van der Waals surface area contributed by atoms with E-state index >= 15 is 0 Å². The third-order valence-corrected chi connectivity index (χ3v) is 3.60. The van der Waals surface area contributed by atoms with Crippen LogP contribution in [0.5, 0.6) is 0 Å².